The summed E-state index contributed by atoms with van der Waals surface area (Å²) in [7, 11) is 0. The number of nitrogens with one attached hydrogen (secondary N) is 1. The van der Waals surface area contributed by atoms with E-state index in [0.717, 1.165) is 31.4 Å². The second-order valence-electron chi connectivity index (χ2n) is 5.30. The van der Waals surface area contributed by atoms with E-state index in [9.17, 15) is 4.79 Å². The third kappa shape index (κ3) is 3.21. The Morgan fingerprint density at radius 1 is 1.42 bits per heavy atom. The molecule has 1 N–H and O–H groups in total. The molecule has 0 radical (unpaired) electrons. The van der Waals surface area contributed by atoms with Crippen molar-refractivity contribution in [3.8, 4) is 5.75 Å². The van der Waals surface area contributed by atoms with Crippen LogP contribution in [0.4, 0.5) is 5.69 Å². The summed E-state index contributed by atoms with van der Waals surface area (Å²) in [5.41, 5.74) is 0.497. The molecule has 1 aliphatic rings. The van der Waals surface area contributed by atoms with Crippen molar-refractivity contribution in [2.45, 2.75) is 39.5 Å². The predicted octanol–water partition coefficient (Wildman–Crippen LogP) is 4.26. The van der Waals surface area contributed by atoms with E-state index in [2.05, 4.69) is 5.32 Å². The molecule has 0 saturated heterocycles. The van der Waals surface area contributed by atoms with Gasteiger partial charge in [-0.25, -0.2) is 0 Å². The molecule has 1 aromatic rings. The SMILES string of the molecule is CCOc1ccc(NC(=O)C2(C)CCCC2)cc1Cl. The monoisotopic (exact) mass is 281 g/mol. The number of ether oxygens (including phenoxy) is 1. The molecule has 1 aromatic carbocycles. The molecule has 1 fully saturated rings. The van der Waals surface area contributed by atoms with Crippen LogP contribution in [0.2, 0.25) is 5.02 Å². The highest BCUT2D eigenvalue weighted by Gasteiger charge is 2.36. The Morgan fingerprint density at radius 3 is 2.68 bits per heavy atom. The van der Waals surface area contributed by atoms with Crippen molar-refractivity contribution in [2.75, 3.05) is 11.9 Å². The van der Waals surface area contributed by atoms with Gasteiger partial charge in [0.05, 0.1) is 11.6 Å². The molecule has 1 aliphatic carbocycles. The van der Waals surface area contributed by atoms with Gasteiger partial charge in [0.15, 0.2) is 0 Å². The zero-order chi connectivity index (χ0) is 13.9. The molecule has 0 atom stereocenters. The molecule has 0 unspecified atom stereocenters. The molecule has 2 rings (SSSR count). The van der Waals surface area contributed by atoms with Gasteiger partial charge in [0, 0.05) is 11.1 Å². The number of benzene rings is 1. The number of carbonyl (C=O) groups excluding carboxylic acids is 1. The molecular weight excluding hydrogens is 262 g/mol. The topological polar surface area (TPSA) is 38.3 Å². The van der Waals surface area contributed by atoms with Crippen LogP contribution in [0.3, 0.4) is 0 Å². The Bertz CT molecular complexity index is 467. The van der Waals surface area contributed by atoms with E-state index >= 15 is 0 Å². The van der Waals surface area contributed by atoms with Gasteiger partial charge in [0.25, 0.3) is 0 Å². The van der Waals surface area contributed by atoms with Crippen LogP contribution in [-0.4, -0.2) is 12.5 Å². The first-order chi connectivity index (χ1) is 9.05. The van der Waals surface area contributed by atoms with E-state index in [1.807, 2.05) is 19.9 Å². The van der Waals surface area contributed by atoms with E-state index in [4.69, 9.17) is 16.3 Å². The number of rotatable bonds is 4. The van der Waals surface area contributed by atoms with Crippen molar-refractivity contribution in [1.82, 2.24) is 0 Å². The lowest BCUT2D eigenvalue weighted by atomic mass is 9.88. The third-order valence-electron chi connectivity index (χ3n) is 3.74. The van der Waals surface area contributed by atoms with Gasteiger partial charge in [-0.2, -0.15) is 0 Å². The third-order valence-corrected chi connectivity index (χ3v) is 4.04. The van der Waals surface area contributed by atoms with Crippen LogP contribution in [0.25, 0.3) is 0 Å². The fraction of sp³-hybridized carbons (Fsp3) is 0.533. The van der Waals surface area contributed by atoms with Gasteiger partial charge in [0.1, 0.15) is 5.75 Å². The van der Waals surface area contributed by atoms with Crippen LogP contribution < -0.4 is 10.1 Å². The molecule has 0 spiro atoms. The van der Waals surface area contributed by atoms with Gasteiger partial charge < -0.3 is 10.1 Å². The molecule has 4 heteroatoms. The summed E-state index contributed by atoms with van der Waals surface area (Å²) >= 11 is 6.11. The average Bonchev–Trinajstić information content (AvgIpc) is 2.81. The van der Waals surface area contributed by atoms with Gasteiger partial charge in [-0.05, 0) is 38.0 Å². The minimum absolute atomic E-state index is 0.0882. The van der Waals surface area contributed by atoms with Crippen LogP contribution in [0.15, 0.2) is 18.2 Å². The Kier molecular flexibility index (Phi) is 4.35. The lowest BCUT2D eigenvalue weighted by molar-refractivity contribution is -0.124. The summed E-state index contributed by atoms with van der Waals surface area (Å²) in [6.07, 6.45) is 4.19. The standard InChI is InChI=1S/C15H20ClNO2/c1-3-19-13-7-6-11(10-12(13)16)17-14(18)15(2)8-4-5-9-15/h6-7,10H,3-5,8-9H2,1-2H3,(H,17,18). The van der Waals surface area contributed by atoms with E-state index < -0.39 is 0 Å². The first-order valence-corrected chi connectivity index (χ1v) is 7.17. The second-order valence-corrected chi connectivity index (χ2v) is 5.71. The van der Waals surface area contributed by atoms with Crippen molar-refractivity contribution in [1.29, 1.82) is 0 Å². The highest BCUT2D eigenvalue weighted by atomic mass is 35.5. The molecular formula is C15H20ClNO2. The first-order valence-electron chi connectivity index (χ1n) is 6.79. The predicted molar refractivity (Wildman–Crippen MR) is 77.8 cm³/mol. The molecule has 3 nitrogen and oxygen atoms in total. The molecule has 1 amide bonds. The number of hydrogen-bond acceptors (Lipinski definition) is 2. The zero-order valence-corrected chi connectivity index (χ0v) is 12.2. The minimum Gasteiger partial charge on any atom is -0.492 e. The maximum Gasteiger partial charge on any atom is 0.230 e. The normalized spacial score (nSPS) is 17.2. The molecule has 104 valence electrons. The molecule has 0 heterocycles. The number of anilines is 1. The van der Waals surface area contributed by atoms with Crippen molar-refractivity contribution in [2.24, 2.45) is 5.41 Å². The lowest BCUT2D eigenvalue weighted by Gasteiger charge is -2.22. The molecule has 19 heavy (non-hydrogen) atoms. The molecule has 0 aromatic heterocycles. The Hall–Kier alpha value is -1.22. The molecule has 0 aliphatic heterocycles. The van der Waals surface area contributed by atoms with Crippen LogP contribution in [-0.2, 0) is 4.79 Å². The number of carbonyl (C=O) groups is 1. The van der Waals surface area contributed by atoms with Gasteiger partial charge in [-0.1, -0.05) is 31.4 Å². The van der Waals surface area contributed by atoms with E-state index in [1.54, 1.807) is 12.1 Å². The fourth-order valence-electron chi connectivity index (χ4n) is 2.52. The quantitative estimate of drug-likeness (QED) is 0.895. The van der Waals surface area contributed by atoms with Gasteiger partial charge in [0.2, 0.25) is 5.91 Å². The summed E-state index contributed by atoms with van der Waals surface area (Å²) in [6, 6.07) is 5.36. The van der Waals surface area contributed by atoms with E-state index in [0.29, 0.717) is 17.4 Å². The van der Waals surface area contributed by atoms with Crippen LogP contribution >= 0.6 is 11.6 Å². The summed E-state index contributed by atoms with van der Waals surface area (Å²) in [5.74, 6) is 0.736. The largest absolute Gasteiger partial charge is 0.492 e. The summed E-state index contributed by atoms with van der Waals surface area (Å²) in [4.78, 5) is 12.3. The summed E-state index contributed by atoms with van der Waals surface area (Å²) < 4.78 is 5.37. The van der Waals surface area contributed by atoms with Gasteiger partial charge in [-0.15, -0.1) is 0 Å². The number of hydrogen-bond donors (Lipinski definition) is 1. The number of amides is 1. The van der Waals surface area contributed by atoms with Crippen LogP contribution in [0.1, 0.15) is 39.5 Å². The Labute approximate surface area is 119 Å². The van der Waals surface area contributed by atoms with Crippen LogP contribution in [0, 0.1) is 5.41 Å². The molecule has 1 saturated carbocycles. The maximum absolute atomic E-state index is 12.3. The summed E-state index contributed by atoms with van der Waals surface area (Å²) in [6.45, 7) is 4.52. The van der Waals surface area contributed by atoms with Gasteiger partial charge in [-0.3, -0.25) is 4.79 Å². The van der Waals surface area contributed by atoms with Crippen LogP contribution in [0.5, 0.6) is 5.75 Å². The second kappa shape index (κ2) is 5.83. The smallest absolute Gasteiger partial charge is 0.230 e. The summed E-state index contributed by atoms with van der Waals surface area (Å²) in [5, 5.41) is 3.48. The lowest BCUT2D eigenvalue weighted by Crippen LogP contribution is -2.30. The van der Waals surface area contributed by atoms with E-state index in [-0.39, 0.29) is 11.3 Å². The highest BCUT2D eigenvalue weighted by molar-refractivity contribution is 6.32. The minimum atomic E-state index is -0.231. The Balaban J connectivity index is 2.07. The Morgan fingerprint density at radius 2 is 2.11 bits per heavy atom. The maximum atomic E-state index is 12.3. The van der Waals surface area contributed by atoms with Crippen molar-refractivity contribution < 1.29 is 9.53 Å². The zero-order valence-electron chi connectivity index (χ0n) is 11.5. The number of halogens is 1. The van der Waals surface area contributed by atoms with Crippen molar-refractivity contribution in [3.63, 3.8) is 0 Å². The fourth-order valence-corrected chi connectivity index (χ4v) is 2.75. The molecule has 0 bridgehead atoms. The highest BCUT2D eigenvalue weighted by Crippen LogP contribution is 2.38. The van der Waals surface area contributed by atoms with Gasteiger partial charge >= 0.3 is 0 Å². The van der Waals surface area contributed by atoms with E-state index in [1.165, 1.54) is 0 Å². The first kappa shape index (κ1) is 14.2. The van der Waals surface area contributed by atoms with Crippen molar-refractivity contribution in [3.05, 3.63) is 23.2 Å². The van der Waals surface area contributed by atoms with Crippen molar-refractivity contribution >= 4 is 23.2 Å². The average molecular weight is 282 g/mol.